The molecule has 3 rings (SSSR count). The molecule has 31 heavy (non-hydrogen) atoms. The zero-order valence-corrected chi connectivity index (χ0v) is 18.9. The first-order valence-corrected chi connectivity index (χ1v) is 11.0. The van der Waals surface area contributed by atoms with E-state index in [1.165, 1.54) is 10.8 Å². The second kappa shape index (κ2) is 10.3. The van der Waals surface area contributed by atoms with Crippen LogP contribution in [0.3, 0.4) is 0 Å². The van der Waals surface area contributed by atoms with Gasteiger partial charge in [0, 0.05) is 19.0 Å². The quantitative estimate of drug-likeness (QED) is 0.560. The molecule has 162 valence electrons. The highest BCUT2D eigenvalue weighted by atomic mass is 16.2. The highest BCUT2D eigenvalue weighted by Crippen LogP contribution is 2.21. The van der Waals surface area contributed by atoms with Gasteiger partial charge in [-0.1, -0.05) is 72.3 Å². The summed E-state index contributed by atoms with van der Waals surface area (Å²) in [6.07, 6.45) is 1.00. The topological polar surface area (TPSA) is 49.4 Å². The Bertz CT molecular complexity index is 1050. The van der Waals surface area contributed by atoms with Gasteiger partial charge in [0.05, 0.1) is 0 Å². The summed E-state index contributed by atoms with van der Waals surface area (Å²) in [4.78, 5) is 27.7. The molecule has 0 heterocycles. The zero-order chi connectivity index (χ0) is 22.4. The van der Waals surface area contributed by atoms with Crippen LogP contribution in [0, 0.1) is 6.92 Å². The van der Waals surface area contributed by atoms with E-state index in [2.05, 4.69) is 35.6 Å². The molecule has 1 atom stereocenters. The van der Waals surface area contributed by atoms with Crippen molar-refractivity contribution in [2.24, 2.45) is 0 Å². The fourth-order valence-corrected chi connectivity index (χ4v) is 3.89. The molecule has 1 N–H and O–H groups in total. The van der Waals surface area contributed by atoms with Crippen LogP contribution < -0.4 is 5.32 Å². The lowest BCUT2D eigenvalue weighted by atomic mass is 10.0. The minimum Gasteiger partial charge on any atom is -0.352 e. The number of hydrogen-bond donors (Lipinski definition) is 1. The van der Waals surface area contributed by atoms with Crippen LogP contribution in [-0.4, -0.2) is 28.8 Å². The Morgan fingerprint density at radius 2 is 1.65 bits per heavy atom. The Hall–Kier alpha value is -3.14. The van der Waals surface area contributed by atoms with Crippen LogP contribution >= 0.6 is 0 Å². The summed E-state index contributed by atoms with van der Waals surface area (Å²) in [5.74, 6) is -0.137. The highest BCUT2D eigenvalue weighted by Gasteiger charge is 2.26. The van der Waals surface area contributed by atoms with Crippen LogP contribution in [0.25, 0.3) is 10.8 Å². The van der Waals surface area contributed by atoms with Crippen molar-refractivity contribution < 1.29 is 9.59 Å². The predicted molar refractivity (Wildman–Crippen MR) is 127 cm³/mol. The van der Waals surface area contributed by atoms with E-state index in [0.29, 0.717) is 19.4 Å². The normalized spacial score (nSPS) is 12.0. The Labute approximate surface area is 185 Å². The van der Waals surface area contributed by atoms with Gasteiger partial charge in [0.25, 0.3) is 0 Å². The lowest BCUT2D eigenvalue weighted by Gasteiger charge is -2.29. The summed E-state index contributed by atoms with van der Waals surface area (Å²) in [6.45, 7) is 8.12. The maximum atomic E-state index is 13.3. The van der Waals surface area contributed by atoms with E-state index in [-0.39, 0.29) is 17.9 Å². The standard InChI is InChI=1S/C27H32N2O2/c1-19(2)28-27(31)21(4)29(18-22-10-7-9-20(3)17-22)26(30)16-15-24-13-8-12-23-11-5-6-14-25(23)24/h5-14,17,19,21H,15-16,18H2,1-4H3,(H,28,31)/t21-/m1/s1. The van der Waals surface area contributed by atoms with Crippen LogP contribution in [0.1, 0.15) is 43.9 Å². The first-order valence-electron chi connectivity index (χ1n) is 11.0. The van der Waals surface area contributed by atoms with Gasteiger partial charge >= 0.3 is 0 Å². The minimum absolute atomic E-state index is 0.0131. The second-order valence-electron chi connectivity index (χ2n) is 8.49. The van der Waals surface area contributed by atoms with Gasteiger partial charge < -0.3 is 10.2 Å². The Kier molecular flexibility index (Phi) is 7.45. The minimum atomic E-state index is -0.539. The molecule has 3 aromatic carbocycles. The Morgan fingerprint density at radius 3 is 2.39 bits per heavy atom. The number of nitrogens with zero attached hydrogens (tertiary/aromatic N) is 1. The average Bonchev–Trinajstić information content (AvgIpc) is 2.75. The first kappa shape index (κ1) is 22.5. The smallest absolute Gasteiger partial charge is 0.242 e. The number of fused-ring (bicyclic) bond motifs is 1. The van der Waals surface area contributed by atoms with Gasteiger partial charge in [0.15, 0.2) is 0 Å². The third kappa shape index (κ3) is 5.94. The molecular weight excluding hydrogens is 384 g/mol. The summed E-state index contributed by atoms with van der Waals surface area (Å²) in [6, 6.07) is 22.0. The molecule has 0 aliphatic rings. The molecule has 2 amide bonds. The lowest BCUT2D eigenvalue weighted by molar-refractivity contribution is -0.140. The van der Waals surface area contributed by atoms with Crippen molar-refractivity contribution in [3.63, 3.8) is 0 Å². The van der Waals surface area contributed by atoms with E-state index in [1.807, 2.05) is 64.1 Å². The second-order valence-corrected chi connectivity index (χ2v) is 8.49. The molecule has 0 aliphatic carbocycles. The van der Waals surface area contributed by atoms with Crippen molar-refractivity contribution in [3.05, 3.63) is 83.4 Å². The Morgan fingerprint density at radius 1 is 0.935 bits per heavy atom. The molecule has 0 radical (unpaired) electrons. The van der Waals surface area contributed by atoms with Crippen LogP contribution in [0.2, 0.25) is 0 Å². The average molecular weight is 417 g/mol. The fourth-order valence-electron chi connectivity index (χ4n) is 3.89. The SMILES string of the molecule is Cc1cccc(CN(C(=O)CCc2cccc3ccccc23)[C@H](C)C(=O)NC(C)C)c1. The molecule has 0 aromatic heterocycles. The van der Waals surface area contributed by atoms with E-state index in [4.69, 9.17) is 0 Å². The van der Waals surface area contributed by atoms with Gasteiger partial charge in [0.1, 0.15) is 6.04 Å². The first-order chi connectivity index (χ1) is 14.8. The van der Waals surface area contributed by atoms with Gasteiger partial charge in [-0.2, -0.15) is 0 Å². The van der Waals surface area contributed by atoms with E-state index in [1.54, 1.807) is 4.90 Å². The number of nitrogens with one attached hydrogen (secondary N) is 1. The Balaban J connectivity index is 1.79. The summed E-state index contributed by atoms with van der Waals surface area (Å²) in [5, 5.41) is 5.29. The third-order valence-corrected chi connectivity index (χ3v) is 5.52. The van der Waals surface area contributed by atoms with E-state index >= 15 is 0 Å². The molecule has 4 heteroatoms. The monoisotopic (exact) mass is 416 g/mol. The van der Waals surface area contributed by atoms with Crippen LogP contribution in [0.15, 0.2) is 66.7 Å². The summed E-state index contributed by atoms with van der Waals surface area (Å²) >= 11 is 0. The summed E-state index contributed by atoms with van der Waals surface area (Å²) < 4.78 is 0. The van der Waals surface area contributed by atoms with E-state index in [0.717, 1.165) is 16.7 Å². The molecule has 0 spiro atoms. The van der Waals surface area contributed by atoms with Crippen molar-refractivity contribution in [2.45, 2.75) is 59.2 Å². The molecule has 0 saturated carbocycles. The number of carbonyl (C=O) groups is 2. The number of benzene rings is 3. The largest absolute Gasteiger partial charge is 0.352 e. The number of aryl methyl sites for hydroxylation is 2. The number of carbonyl (C=O) groups excluding carboxylic acids is 2. The van der Waals surface area contributed by atoms with Crippen LogP contribution in [-0.2, 0) is 22.6 Å². The maximum Gasteiger partial charge on any atom is 0.242 e. The molecule has 0 aliphatic heterocycles. The van der Waals surface area contributed by atoms with Crippen molar-refractivity contribution in [2.75, 3.05) is 0 Å². The zero-order valence-electron chi connectivity index (χ0n) is 18.9. The van der Waals surface area contributed by atoms with Gasteiger partial charge in [0.2, 0.25) is 11.8 Å². The highest BCUT2D eigenvalue weighted by molar-refractivity contribution is 5.89. The molecule has 0 unspecified atom stereocenters. The molecule has 0 saturated heterocycles. The molecule has 0 fully saturated rings. The molecule has 0 bridgehead atoms. The van der Waals surface area contributed by atoms with E-state index < -0.39 is 6.04 Å². The van der Waals surface area contributed by atoms with Crippen LogP contribution in [0.5, 0.6) is 0 Å². The van der Waals surface area contributed by atoms with Gasteiger partial charge in [-0.05, 0) is 56.0 Å². The third-order valence-electron chi connectivity index (χ3n) is 5.52. The predicted octanol–water partition coefficient (Wildman–Crippen LogP) is 5.02. The van der Waals surface area contributed by atoms with Crippen molar-refractivity contribution >= 4 is 22.6 Å². The van der Waals surface area contributed by atoms with Crippen molar-refractivity contribution in [1.29, 1.82) is 0 Å². The van der Waals surface area contributed by atoms with Gasteiger partial charge in [-0.25, -0.2) is 0 Å². The molecular formula is C27H32N2O2. The number of amides is 2. The summed E-state index contributed by atoms with van der Waals surface area (Å²) in [7, 11) is 0. The number of rotatable bonds is 8. The van der Waals surface area contributed by atoms with Gasteiger partial charge in [-0.15, -0.1) is 0 Å². The summed E-state index contributed by atoms with van der Waals surface area (Å²) in [5.41, 5.74) is 3.32. The van der Waals surface area contributed by atoms with Crippen LogP contribution in [0.4, 0.5) is 0 Å². The van der Waals surface area contributed by atoms with Crippen molar-refractivity contribution in [3.8, 4) is 0 Å². The fraction of sp³-hybridized carbons (Fsp3) is 0.333. The number of hydrogen-bond acceptors (Lipinski definition) is 2. The van der Waals surface area contributed by atoms with E-state index in [9.17, 15) is 9.59 Å². The molecule has 3 aromatic rings. The van der Waals surface area contributed by atoms with Gasteiger partial charge in [-0.3, -0.25) is 9.59 Å². The van der Waals surface area contributed by atoms with Crippen molar-refractivity contribution in [1.82, 2.24) is 10.2 Å². The lowest BCUT2D eigenvalue weighted by Crippen LogP contribution is -2.49. The maximum absolute atomic E-state index is 13.3. The molecule has 4 nitrogen and oxygen atoms in total.